The maximum Gasteiger partial charge on any atom is 0.298 e. The number of phenols is 2. The fourth-order valence-corrected chi connectivity index (χ4v) is 1.98. The second-order valence-electron chi connectivity index (χ2n) is 3.75. The van der Waals surface area contributed by atoms with Crippen LogP contribution in [0.25, 0.3) is 0 Å². The molecule has 1 aromatic carbocycles. The van der Waals surface area contributed by atoms with E-state index < -0.39 is 20.8 Å². The van der Waals surface area contributed by atoms with E-state index in [2.05, 4.69) is 25.7 Å². The highest BCUT2D eigenvalue weighted by Gasteiger charge is 2.15. The van der Waals surface area contributed by atoms with Crippen molar-refractivity contribution in [2.75, 3.05) is 19.6 Å². The summed E-state index contributed by atoms with van der Waals surface area (Å²) in [5.41, 5.74) is 0. The average molecular weight is 291 g/mol. The Morgan fingerprint density at radius 3 is 1.79 bits per heavy atom. The lowest BCUT2D eigenvalue weighted by Crippen LogP contribution is -2.21. The molecule has 0 unspecified atom stereocenters. The minimum Gasteiger partial charge on any atom is -0.508 e. The second kappa shape index (κ2) is 7.98. The van der Waals surface area contributed by atoms with Gasteiger partial charge in [-0.2, -0.15) is 8.42 Å². The zero-order valence-corrected chi connectivity index (χ0v) is 12.2. The molecule has 0 atom stereocenters. The van der Waals surface area contributed by atoms with Gasteiger partial charge in [-0.25, -0.2) is 0 Å². The maximum atomic E-state index is 10.5. The van der Waals surface area contributed by atoms with E-state index in [4.69, 9.17) is 14.8 Å². The molecule has 0 radical (unpaired) electrons. The van der Waals surface area contributed by atoms with Crippen LogP contribution in [0.4, 0.5) is 0 Å². The second-order valence-corrected chi connectivity index (χ2v) is 5.14. The Kier molecular flexibility index (Phi) is 7.43. The number of rotatable bonds is 4. The molecule has 0 heterocycles. The van der Waals surface area contributed by atoms with Gasteiger partial charge in [-0.15, -0.1) is 0 Å². The highest BCUT2D eigenvalue weighted by molar-refractivity contribution is 7.86. The molecule has 0 saturated carbocycles. The van der Waals surface area contributed by atoms with E-state index in [0.29, 0.717) is 0 Å². The molecule has 6 nitrogen and oxygen atoms in total. The summed E-state index contributed by atoms with van der Waals surface area (Å²) in [6.45, 7) is 10.1. The van der Waals surface area contributed by atoms with Gasteiger partial charge in [0.15, 0.2) is 0 Å². The van der Waals surface area contributed by atoms with Gasteiger partial charge in [0.1, 0.15) is 16.4 Å². The Morgan fingerprint density at radius 2 is 1.53 bits per heavy atom. The molecule has 3 N–H and O–H groups in total. The number of phenolic OH excluding ortho intramolecular Hbond substituents is 2. The third-order valence-electron chi connectivity index (χ3n) is 2.56. The van der Waals surface area contributed by atoms with Gasteiger partial charge in [-0.3, -0.25) is 4.55 Å². The molecule has 0 fully saturated rings. The summed E-state index contributed by atoms with van der Waals surface area (Å²) in [5.74, 6) is -0.948. The first-order valence-electron chi connectivity index (χ1n) is 5.98. The van der Waals surface area contributed by atoms with Crippen LogP contribution in [0, 0.1) is 0 Å². The number of hydrogen-bond acceptors (Lipinski definition) is 5. The van der Waals surface area contributed by atoms with E-state index in [0.717, 1.165) is 18.2 Å². The van der Waals surface area contributed by atoms with Gasteiger partial charge in [-0.05, 0) is 31.8 Å². The van der Waals surface area contributed by atoms with E-state index in [9.17, 15) is 8.42 Å². The zero-order valence-electron chi connectivity index (χ0n) is 11.4. The summed E-state index contributed by atoms with van der Waals surface area (Å²) in [4.78, 5) is 1.67. The molecule has 7 heteroatoms. The van der Waals surface area contributed by atoms with Crippen LogP contribution < -0.4 is 0 Å². The van der Waals surface area contributed by atoms with Crippen LogP contribution in [0.15, 0.2) is 23.1 Å². The Bertz CT molecular complexity index is 477. The average Bonchev–Trinajstić information content (AvgIpc) is 2.34. The summed E-state index contributed by atoms with van der Waals surface area (Å²) in [6, 6.07) is 2.83. The molecule has 0 bridgehead atoms. The third kappa shape index (κ3) is 6.42. The van der Waals surface area contributed by atoms with Gasteiger partial charge in [0, 0.05) is 6.07 Å². The Morgan fingerprint density at radius 1 is 1.05 bits per heavy atom. The van der Waals surface area contributed by atoms with Crippen molar-refractivity contribution < 1.29 is 23.2 Å². The highest BCUT2D eigenvalue weighted by Crippen LogP contribution is 2.25. The molecule has 0 aliphatic heterocycles. The van der Waals surface area contributed by atoms with Crippen molar-refractivity contribution in [1.82, 2.24) is 4.90 Å². The zero-order chi connectivity index (χ0) is 15.1. The molecule has 0 aliphatic carbocycles. The third-order valence-corrected chi connectivity index (χ3v) is 3.45. The predicted molar refractivity (Wildman–Crippen MR) is 73.0 cm³/mol. The summed E-state index contributed by atoms with van der Waals surface area (Å²) < 4.78 is 29.5. The largest absolute Gasteiger partial charge is 0.508 e. The lowest BCUT2D eigenvalue weighted by Gasteiger charge is -2.13. The van der Waals surface area contributed by atoms with E-state index in [1.807, 2.05) is 0 Å². The molecule has 1 aromatic rings. The van der Waals surface area contributed by atoms with Crippen LogP contribution >= 0.6 is 0 Å². The standard InChI is InChI=1S/C6H15N.C6H6O5S/c1-4-7(5-2)6-3;7-4-1-2-5(8)6(3-4)12(9,10)11/h4-6H2,1-3H3;1-3,7-8H,(H,9,10,11). The fourth-order valence-electron chi connectivity index (χ4n) is 1.38. The molecule has 0 saturated heterocycles. The Hall–Kier alpha value is -1.31. The first kappa shape index (κ1) is 17.7. The van der Waals surface area contributed by atoms with Crippen LogP contribution in [0.5, 0.6) is 11.5 Å². The topological polar surface area (TPSA) is 98.1 Å². The van der Waals surface area contributed by atoms with Crippen molar-refractivity contribution in [2.45, 2.75) is 25.7 Å². The minimum absolute atomic E-state index is 0.347. The van der Waals surface area contributed by atoms with E-state index >= 15 is 0 Å². The molecule has 1 rings (SSSR count). The summed E-state index contributed by atoms with van der Waals surface area (Å²) in [7, 11) is -4.47. The van der Waals surface area contributed by atoms with Crippen molar-refractivity contribution in [3.05, 3.63) is 18.2 Å². The van der Waals surface area contributed by atoms with Crippen molar-refractivity contribution in [1.29, 1.82) is 0 Å². The van der Waals surface area contributed by atoms with Gasteiger partial charge in [-0.1, -0.05) is 20.8 Å². The number of benzene rings is 1. The number of hydrogen-bond donors (Lipinski definition) is 3. The number of aromatic hydroxyl groups is 2. The van der Waals surface area contributed by atoms with Crippen LogP contribution in [0.2, 0.25) is 0 Å². The van der Waals surface area contributed by atoms with Crippen LogP contribution in [-0.2, 0) is 10.1 Å². The summed E-state index contributed by atoms with van der Waals surface area (Å²) >= 11 is 0. The lowest BCUT2D eigenvalue weighted by atomic mass is 10.3. The van der Waals surface area contributed by atoms with Crippen molar-refractivity contribution >= 4 is 10.1 Å². The fraction of sp³-hybridized carbons (Fsp3) is 0.500. The van der Waals surface area contributed by atoms with Crippen LogP contribution in [0.3, 0.4) is 0 Å². The molecular formula is C12H21NO5S. The van der Waals surface area contributed by atoms with E-state index in [1.54, 1.807) is 0 Å². The van der Waals surface area contributed by atoms with Gasteiger partial charge in [0.2, 0.25) is 0 Å². The predicted octanol–water partition coefficient (Wildman–Crippen LogP) is 1.69. The molecular weight excluding hydrogens is 270 g/mol. The molecule has 19 heavy (non-hydrogen) atoms. The molecule has 110 valence electrons. The SMILES string of the molecule is CCN(CC)CC.O=S(=O)(O)c1cc(O)ccc1O. The quantitative estimate of drug-likeness (QED) is 0.577. The molecule has 0 spiro atoms. The smallest absolute Gasteiger partial charge is 0.298 e. The van der Waals surface area contributed by atoms with Gasteiger partial charge >= 0.3 is 0 Å². The van der Waals surface area contributed by atoms with Crippen LogP contribution in [0.1, 0.15) is 20.8 Å². The lowest BCUT2D eigenvalue weighted by molar-refractivity contribution is 0.321. The normalized spacial score (nSPS) is 11.0. The number of nitrogens with zero attached hydrogens (tertiary/aromatic N) is 1. The Balaban J connectivity index is 0.000000399. The Labute approximate surface area is 114 Å². The van der Waals surface area contributed by atoms with Crippen molar-refractivity contribution in [2.24, 2.45) is 0 Å². The summed E-state index contributed by atoms with van der Waals surface area (Å²) in [5, 5.41) is 17.7. The molecule has 0 amide bonds. The first-order valence-corrected chi connectivity index (χ1v) is 7.42. The van der Waals surface area contributed by atoms with Crippen molar-refractivity contribution in [3.8, 4) is 11.5 Å². The van der Waals surface area contributed by atoms with Gasteiger partial charge < -0.3 is 15.1 Å². The molecule has 0 aromatic heterocycles. The van der Waals surface area contributed by atoms with Crippen molar-refractivity contribution in [3.63, 3.8) is 0 Å². The van der Waals surface area contributed by atoms with E-state index in [-0.39, 0.29) is 5.75 Å². The highest BCUT2D eigenvalue weighted by atomic mass is 32.2. The summed E-state index contributed by atoms with van der Waals surface area (Å²) in [6.07, 6.45) is 0. The van der Waals surface area contributed by atoms with Crippen LogP contribution in [-0.4, -0.2) is 47.7 Å². The monoisotopic (exact) mass is 291 g/mol. The minimum atomic E-state index is -4.47. The van der Waals surface area contributed by atoms with Gasteiger partial charge in [0.05, 0.1) is 0 Å². The van der Waals surface area contributed by atoms with Gasteiger partial charge in [0.25, 0.3) is 10.1 Å². The molecule has 0 aliphatic rings. The first-order chi connectivity index (χ1) is 8.76. The van der Waals surface area contributed by atoms with E-state index in [1.165, 1.54) is 19.6 Å². The maximum absolute atomic E-state index is 10.5.